The van der Waals surface area contributed by atoms with Crippen LogP contribution in [0.2, 0.25) is 0 Å². The molecule has 190 valence electrons. The van der Waals surface area contributed by atoms with Crippen molar-refractivity contribution in [2.24, 2.45) is 5.92 Å². The minimum atomic E-state index is -0.360. The maximum absolute atomic E-state index is 13.0. The smallest absolute Gasteiger partial charge is 0.310 e. The first-order valence-electron chi connectivity index (χ1n) is 12.4. The van der Waals surface area contributed by atoms with Crippen LogP contribution in [0.3, 0.4) is 0 Å². The Morgan fingerprint density at radius 3 is 2.36 bits per heavy atom. The van der Waals surface area contributed by atoms with Crippen molar-refractivity contribution in [1.29, 1.82) is 0 Å². The van der Waals surface area contributed by atoms with Gasteiger partial charge in [0, 0.05) is 49.6 Å². The summed E-state index contributed by atoms with van der Waals surface area (Å²) in [5.74, 6) is -1.81. The highest BCUT2D eigenvalue weighted by Crippen LogP contribution is 2.30. The number of hydrogen-bond donors (Lipinski definition) is 0. The molecule has 2 aliphatic rings. The van der Waals surface area contributed by atoms with E-state index >= 15 is 0 Å². The third-order valence-electron chi connectivity index (χ3n) is 6.82. The Morgan fingerprint density at radius 1 is 1.06 bits per heavy atom. The van der Waals surface area contributed by atoms with Crippen LogP contribution in [0.25, 0.3) is 10.8 Å². The van der Waals surface area contributed by atoms with Crippen molar-refractivity contribution >= 4 is 40.4 Å². The number of carbonyl (C=O) groups is 5. The minimum absolute atomic E-state index is 0.0919. The first-order valence-corrected chi connectivity index (χ1v) is 12.4. The average Bonchev–Trinajstić information content (AvgIpc) is 2.89. The van der Waals surface area contributed by atoms with E-state index in [0.29, 0.717) is 55.5 Å². The fourth-order valence-electron chi connectivity index (χ4n) is 4.91. The van der Waals surface area contributed by atoms with E-state index in [0.717, 1.165) is 5.39 Å². The molecular weight excluding hydrogens is 462 g/mol. The number of hydrogen-bond acceptors (Lipinski definition) is 6. The number of imide groups is 1. The molecule has 4 amide bonds. The van der Waals surface area contributed by atoms with Crippen molar-refractivity contribution in [2.45, 2.75) is 32.6 Å². The predicted octanol–water partition coefficient (Wildman–Crippen LogP) is 2.48. The standard InChI is InChI=1S/C27H31N3O6/c1-3-36-27(35)19-10-6-14-29(16-19)23(32)17-28(2)22(31)13-7-15-30-25(33)20-11-4-8-18-9-5-12-21(24(18)20)26(30)34/h4-5,8-9,11-12,19H,3,6-7,10,13-17H2,1-2H3. The van der Waals surface area contributed by atoms with Crippen molar-refractivity contribution in [2.75, 3.05) is 39.8 Å². The molecule has 9 heteroatoms. The molecule has 0 saturated carbocycles. The molecule has 0 aromatic heterocycles. The first kappa shape index (κ1) is 25.3. The highest BCUT2D eigenvalue weighted by Gasteiger charge is 2.33. The maximum atomic E-state index is 13.0. The number of carbonyl (C=O) groups excluding carboxylic acids is 5. The van der Waals surface area contributed by atoms with Crippen LogP contribution in [0.5, 0.6) is 0 Å². The van der Waals surface area contributed by atoms with Crippen LogP contribution in [0, 0.1) is 5.92 Å². The third kappa shape index (κ3) is 5.10. The number of amides is 4. The van der Waals surface area contributed by atoms with Crippen LogP contribution in [0.15, 0.2) is 36.4 Å². The number of ether oxygens (including phenoxy) is 1. The van der Waals surface area contributed by atoms with Crippen LogP contribution in [0.1, 0.15) is 53.3 Å². The minimum Gasteiger partial charge on any atom is -0.466 e. The summed E-state index contributed by atoms with van der Waals surface area (Å²) in [6.45, 7) is 2.92. The van der Waals surface area contributed by atoms with Crippen molar-refractivity contribution < 1.29 is 28.7 Å². The molecule has 1 unspecified atom stereocenters. The summed E-state index contributed by atoms with van der Waals surface area (Å²) in [5, 5.41) is 1.51. The predicted molar refractivity (Wildman–Crippen MR) is 132 cm³/mol. The molecule has 0 N–H and O–H groups in total. The van der Waals surface area contributed by atoms with Gasteiger partial charge in [0.2, 0.25) is 11.8 Å². The number of esters is 1. The van der Waals surface area contributed by atoms with Gasteiger partial charge in [-0.2, -0.15) is 0 Å². The average molecular weight is 494 g/mol. The summed E-state index contributed by atoms with van der Waals surface area (Å²) >= 11 is 0. The zero-order valence-electron chi connectivity index (χ0n) is 20.7. The number of benzene rings is 2. The Morgan fingerprint density at radius 2 is 1.72 bits per heavy atom. The van der Waals surface area contributed by atoms with E-state index in [1.54, 1.807) is 43.1 Å². The highest BCUT2D eigenvalue weighted by atomic mass is 16.5. The second-order valence-corrected chi connectivity index (χ2v) is 9.26. The molecule has 2 aromatic carbocycles. The van der Waals surface area contributed by atoms with E-state index in [1.807, 2.05) is 12.1 Å². The Hall–Kier alpha value is -3.75. The van der Waals surface area contributed by atoms with Gasteiger partial charge in [0.15, 0.2) is 0 Å². The Bertz CT molecular complexity index is 1160. The van der Waals surface area contributed by atoms with Gasteiger partial charge in [-0.1, -0.05) is 24.3 Å². The third-order valence-corrected chi connectivity index (χ3v) is 6.82. The molecule has 0 spiro atoms. The topological polar surface area (TPSA) is 104 Å². The van der Waals surface area contributed by atoms with E-state index in [1.165, 1.54) is 9.80 Å². The molecule has 36 heavy (non-hydrogen) atoms. The normalized spacial score (nSPS) is 17.3. The Balaban J connectivity index is 1.29. The van der Waals surface area contributed by atoms with Crippen LogP contribution >= 0.6 is 0 Å². The van der Waals surface area contributed by atoms with Gasteiger partial charge in [-0.3, -0.25) is 28.9 Å². The van der Waals surface area contributed by atoms with E-state index in [4.69, 9.17) is 4.74 Å². The summed E-state index contributed by atoms with van der Waals surface area (Å²) in [6, 6.07) is 10.8. The van der Waals surface area contributed by atoms with Gasteiger partial charge in [0.1, 0.15) is 0 Å². The maximum Gasteiger partial charge on any atom is 0.310 e. The summed E-state index contributed by atoms with van der Waals surface area (Å²) in [7, 11) is 1.56. The van der Waals surface area contributed by atoms with Gasteiger partial charge in [-0.25, -0.2) is 0 Å². The quantitative estimate of drug-likeness (QED) is 0.413. The molecule has 1 atom stereocenters. The van der Waals surface area contributed by atoms with Crippen molar-refractivity contribution in [3.63, 3.8) is 0 Å². The fraction of sp³-hybridized carbons (Fsp3) is 0.444. The first-order chi connectivity index (χ1) is 17.3. The SMILES string of the molecule is CCOC(=O)C1CCCN(C(=O)CN(C)C(=O)CCCN2C(=O)c3cccc4cccc(c34)C2=O)C1. The lowest BCUT2D eigenvalue weighted by atomic mass is 9.94. The van der Waals surface area contributed by atoms with Gasteiger partial charge >= 0.3 is 5.97 Å². The molecule has 2 aromatic rings. The summed E-state index contributed by atoms with van der Waals surface area (Å²) in [5.41, 5.74) is 0.971. The summed E-state index contributed by atoms with van der Waals surface area (Å²) in [4.78, 5) is 67.6. The number of likely N-dealkylation sites (N-methyl/N-ethyl adjacent to an activating group) is 1. The lowest BCUT2D eigenvalue weighted by Crippen LogP contribution is -2.47. The van der Waals surface area contributed by atoms with Gasteiger partial charge < -0.3 is 14.5 Å². The molecule has 1 fully saturated rings. The lowest BCUT2D eigenvalue weighted by Gasteiger charge is -2.32. The monoisotopic (exact) mass is 493 g/mol. The number of likely N-dealkylation sites (tertiary alicyclic amines) is 1. The number of rotatable bonds is 8. The lowest BCUT2D eigenvalue weighted by molar-refractivity contribution is -0.152. The van der Waals surface area contributed by atoms with E-state index in [9.17, 15) is 24.0 Å². The molecule has 2 heterocycles. The molecule has 9 nitrogen and oxygen atoms in total. The van der Waals surface area contributed by atoms with Crippen molar-refractivity contribution in [3.8, 4) is 0 Å². The molecule has 0 aliphatic carbocycles. The zero-order valence-corrected chi connectivity index (χ0v) is 20.7. The van der Waals surface area contributed by atoms with Crippen LogP contribution in [-0.2, 0) is 19.1 Å². The molecule has 2 aliphatic heterocycles. The van der Waals surface area contributed by atoms with Gasteiger partial charge in [0.25, 0.3) is 11.8 Å². The van der Waals surface area contributed by atoms with Crippen LogP contribution in [0.4, 0.5) is 0 Å². The van der Waals surface area contributed by atoms with Crippen molar-refractivity contribution in [1.82, 2.24) is 14.7 Å². The highest BCUT2D eigenvalue weighted by molar-refractivity contribution is 6.25. The summed E-state index contributed by atoms with van der Waals surface area (Å²) in [6.07, 6.45) is 1.78. The van der Waals surface area contributed by atoms with Gasteiger partial charge in [-0.05, 0) is 43.7 Å². The summed E-state index contributed by atoms with van der Waals surface area (Å²) < 4.78 is 5.08. The van der Waals surface area contributed by atoms with Crippen molar-refractivity contribution in [3.05, 3.63) is 47.5 Å². The molecule has 0 radical (unpaired) electrons. The Labute approximate surface area is 210 Å². The Kier molecular flexibility index (Phi) is 7.67. The second kappa shape index (κ2) is 10.9. The van der Waals surface area contributed by atoms with Gasteiger partial charge in [-0.15, -0.1) is 0 Å². The van der Waals surface area contributed by atoms with E-state index in [2.05, 4.69) is 0 Å². The molecule has 4 rings (SSSR count). The number of nitrogens with zero attached hydrogens (tertiary/aromatic N) is 3. The zero-order chi connectivity index (χ0) is 25.8. The second-order valence-electron chi connectivity index (χ2n) is 9.26. The van der Waals surface area contributed by atoms with Gasteiger partial charge in [0.05, 0.1) is 19.1 Å². The molecular formula is C27H31N3O6. The molecule has 1 saturated heterocycles. The van der Waals surface area contributed by atoms with Crippen LogP contribution in [-0.4, -0.2) is 84.1 Å². The number of piperidine rings is 1. The fourth-order valence-corrected chi connectivity index (χ4v) is 4.91. The molecule has 0 bridgehead atoms. The van der Waals surface area contributed by atoms with E-state index < -0.39 is 0 Å². The largest absolute Gasteiger partial charge is 0.466 e. The van der Waals surface area contributed by atoms with Crippen LogP contribution < -0.4 is 0 Å². The van der Waals surface area contributed by atoms with E-state index in [-0.39, 0.29) is 55.0 Å².